The molecule has 0 aliphatic heterocycles. The van der Waals surface area contributed by atoms with Crippen LogP contribution in [-0.2, 0) is 6.54 Å². The maximum Gasteiger partial charge on any atom is 0.204 e. The predicted octanol–water partition coefficient (Wildman–Crippen LogP) is 2.66. The Morgan fingerprint density at radius 1 is 1.19 bits per heavy atom. The normalized spacial score (nSPS) is 10.9. The molecule has 1 aromatic heterocycles. The van der Waals surface area contributed by atoms with Crippen molar-refractivity contribution in [2.45, 2.75) is 40.7 Å². The lowest BCUT2D eigenvalue weighted by Crippen LogP contribution is -2.25. The molecule has 1 N–H and O–H groups in total. The van der Waals surface area contributed by atoms with E-state index >= 15 is 0 Å². The van der Waals surface area contributed by atoms with E-state index in [2.05, 4.69) is 49.4 Å². The van der Waals surface area contributed by atoms with Gasteiger partial charge in [-0.3, -0.25) is 4.79 Å². The van der Waals surface area contributed by atoms with Crippen molar-refractivity contribution in [3.63, 3.8) is 0 Å². The average molecular weight is 285 g/mol. The van der Waals surface area contributed by atoms with Crippen molar-refractivity contribution in [3.8, 4) is 5.69 Å². The lowest BCUT2D eigenvalue weighted by molar-refractivity contribution is 0.636. The Morgan fingerprint density at radius 2 is 1.95 bits per heavy atom. The highest BCUT2D eigenvalue weighted by Gasteiger charge is 2.09. The molecule has 0 saturated carbocycles. The minimum atomic E-state index is -0.00217. The Morgan fingerprint density at radius 3 is 2.67 bits per heavy atom. The number of rotatable bonds is 5. The zero-order valence-corrected chi connectivity index (χ0v) is 13.2. The molecule has 112 valence electrons. The zero-order valence-electron chi connectivity index (χ0n) is 13.2. The zero-order chi connectivity index (χ0) is 15.4. The van der Waals surface area contributed by atoms with Crippen molar-refractivity contribution >= 4 is 0 Å². The number of aryl methyl sites for hydroxylation is 3. The van der Waals surface area contributed by atoms with Crippen LogP contribution < -0.4 is 10.7 Å². The smallest absolute Gasteiger partial charge is 0.204 e. The summed E-state index contributed by atoms with van der Waals surface area (Å²) in [4.78, 5) is 12.1. The third-order valence-electron chi connectivity index (χ3n) is 3.49. The monoisotopic (exact) mass is 285 g/mol. The molecule has 0 saturated heterocycles. The van der Waals surface area contributed by atoms with Gasteiger partial charge < -0.3 is 5.32 Å². The van der Waals surface area contributed by atoms with Gasteiger partial charge in [0.25, 0.3) is 0 Å². The van der Waals surface area contributed by atoms with Crippen molar-refractivity contribution in [1.29, 1.82) is 0 Å². The number of aromatic nitrogens is 2. The van der Waals surface area contributed by atoms with E-state index in [-0.39, 0.29) is 5.43 Å². The minimum Gasteiger partial charge on any atom is -0.311 e. The van der Waals surface area contributed by atoms with Gasteiger partial charge in [-0.2, -0.15) is 5.10 Å². The molecule has 2 rings (SSSR count). The van der Waals surface area contributed by atoms with Gasteiger partial charge in [0.1, 0.15) is 5.69 Å². The molecular formula is C17H23N3O. The maximum absolute atomic E-state index is 12.1. The second-order valence-corrected chi connectivity index (χ2v) is 5.48. The highest BCUT2D eigenvalue weighted by atomic mass is 16.1. The van der Waals surface area contributed by atoms with Gasteiger partial charge in [-0.25, -0.2) is 4.68 Å². The summed E-state index contributed by atoms with van der Waals surface area (Å²) < 4.78 is 1.87. The largest absolute Gasteiger partial charge is 0.311 e. The van der Waals surface area contributed by atoms with Crippen molar-refractivity contribution in [2.24, 2.45) is 0 Å². The summed E-state index contributed by atoms with van der Waals surface area (Å²) in [6.07, 6.45) is 1.04. The first-order valence-electron chi connectivity index (χ1n) is 7.41. The molecule has 4 nitrogen and oxygen atoms in total. The van der Waals surface area contributed by atoms with Gasteiger partial charge in [0, 0.05) is 18.3 Å². The number of hydrogen-bond acceptors (Lipinski definition) is 3. The molecule has 0 atom stereocenters. The molecule has 0 amide bonds. The van der Waals surface area contributed by atoms with Crippen molar-refractivity contribution in [1.82, 2.24) is 15.1 Å². The lowest BCUT2D eigenvalue weighted by atomic mass is 10.1. The van der Waals surface area contributed by atoms with E-state index in [1.165, 1.54) is 5.56 Å². The molecule has 0 bridgehead atoms. The molecule has 1 heterocycles. The lowest BCUT2D eigenvalue weighted by Gasteiger charge is -2.14. The SMILES string of the molecule is CCCNCc1nn(-c2cc(C)ccc2C)c(C)cc1=O. The summed E-state index contributed by atoms with van der Waals surface area (Å²) in [5.74, 6) is 0. The highest BCUT2D eigenvalue weighted by Crippen LogP contribution is 2.16. The van der Waals surface area contributed by atoms with E-state index in [0.29, 0.717) is 12.2 Å². The van der Waals surface area contributed by atoms with E-state index in [1.54, 1.807) is 6.07 Å². The fourth-order valence-electron chi connectivity index (χ4n) is 2.28. The van der Waals surface area contributed by atoms with E-state index in [9.17, 15) is 4.79 Å². The second kappa shape index (κ2) is 6.68. The number of nitrogens with one attached hydrogen (secondary N) is 1. The molecule has 0 unspecified atom stereocenters. The second-order valence-electron chi connectivity index (χ2n) is 5.48. The Bertz CT molecular complexity index is 689. The van der Waals surface area contributed by atoms with E-state index in [1.807, 2.05) is 11.6 Å². The quantitative estimate of drug-likeness (QED) is 0.859. The number of hydrogen-bond donors (Lipinski definition) is 1. The molecule has 0 fully saturated rings. The van der Waals surface area contributed by atoms with Gasteiger partial charge in [-0.05, 0) is 50.9 Å². The summed E-state index contributed by atoms with van der Waals surface area (Å²) >= 11 is 0. The molecule has 21 heavy (non-hydrogen) atoms. The van der Waals surface area contributed by atoms with Gasteiger partial charge >= 0.3 is 0 Å². The van der Waals surface area contributed by atoms with Crippen LogP contribution in [0.15, 0.2) is 29.1 Å². The van der Waals surface area contributed by atoms with Crippen LogP contribution in [0.5, 0.6) is 0 Å². The van der Waals surface area contributed by atoms with Gasteiger partial charge in [0.15, 0.2) is 0 Å². The molecule has 4 heteroatoms. The number of benzene rings is 1. The highest BCUT2D eigenvalue weighted by molar-refractivity contribution is 5.43. The molecule has 0 aliphatic carbocycles. The van der Waals surface area contributed by atoms with Crippen molar-refractivity contribution in [2.75, 3.05) is 6.54 Å². The minimum absolute atomic E-state index is 0.00217. The molecule has 2 aromatic rings. The van der Waals surface area contributed by atoms with Crippen molar-refractivity contribution in [3.05, 3.63) is 57.0 Å². The van der Waals surface area contributed by atoms with Gasteiger partial charge in [0.2, 0.25) is 5.43 Å². The Balaban J connectivity index is 2.46. The molecule has 0 aliphatic rings. The first-order valence-corrected chi connectivity index (χ1v) is 7.41. The first kappa shape index (κ1) is 15.4. The summed E-state index contributed by atoms with van der Waals surface area (Å²) in [7, 11) is 0. The van der Waals surface area contributed by atoms with Gasteiger partial charge in [0.05, 0.1) is 5.69 Å². The third-order valence-corrected chi connectivity index (χ3v) is 3.49. The van der Waals surface area contributed by atoms with Crippen LogP contribution in [0.25, 0.3) is 5.69 Å². The standard InChI is InChI=1S/C17H23N3O/c1-5-8-18-11-15-17(21)10-14(4)20(19-15)16-9-12(2)6-7-13(16)3/h6-7,9-10,18H,5,8,11H2,1-4H3. The molecular weight excluding hydrogens is 262 g/mol. The maximum atomic E-state index is 12.1. The summed E-state index contributed by atoms with van der Waals surface area (Å²) in [6.45, 7) is 9.53. The molecule has 0 radical (unpaired) electrons. The van der Waals surface area contributed by atoms with Crippen LogP contribution in [0.4, 0.5) is 0 Å². The van der Waals surface area contributed by atoms with Crippen LogP contribution in [-0.4, -0.2) is 16.3 Å². The van der Waals surface area contributed by atoms with Crippen LogP contribution in [0.1, 0.15) is 35.9 Å². The van der Waals surface area contributed by atoms with Crippen LogP contribution in [0, 0.1) is 20.8 Å². The molecule has 0 spiro atoms. The van der Waals surface area contributed by atoms with Gasteiger partial charge in [-0.1, -0.05) is 19.1 Å². The van der Waals surface area contributed by atoms with Crippen LogP contribution in [0.3, 0.4) is 0 Å². The fourth-order valence-corrected chi connectivity index (χ4v) is 2.28. The van der Waals surface area contributed by atoms with Gasteiger partial charge in [-0.15, -0.1) is 0 Å². The van der Waals surface area contributed by atoms with E-state index in [0.717, 1.165) is 29.9 Å². The first-order chi connectivity index (χ1) is 10.0. The van der Waals surface area contributed by atoms with E-state index in [4.69, 9.17) is 0 Å². The summed E-state index contributed by atoms with van der Waals surface area (Å²) in [6, 6.07) is 7.93. The third kappa shape index (κ3) is 3.58. The van der Waals surface area contributed by atoms with E-state index < -0.39 is 0 Å². The summed E-state index contributed by atoms with van der Waals surface area (Å²) in [5.41, 5.74) is 4.78. The van der Waals surface area contributed by atoms with Crippen molar-refractivity contribution < 1.29 is 0 Å². The fraction of sp³-hybridized carbons (Fsp3) is 0.412. The Labute approximate surface area is 125 Å². The Kier molecular flexibility index (Phi) is 4.91. The average Bonchev–Trinajstić information content (AvgIpc) is 2.44. The van der Waals surface area contributed by atoms with Crippen LogP contribution in [0.2, 0.25) is 0 Å². The van der Waals surface area contributed by atoms with Crippen LogP contribution >= 0.6 is 0 Å². The topological polar surface area (TPSA) is 46.9 Å². The number of nitrogens with zero attached hydrogens (tertiary/aromatic N) is 2. The molecule has 1 aromatic carbocycles. The Hall–Kier alpha value is -1.94. The predicted molar refractivity (Wildman–Crippen MR) is 86.0 cm³/mol. The summed E-state index contributed by atoms with van der Waals surface area (Å²) in [5, 5.41) is 7.80.